The zero-order chi connectivity index (χ0) is 24.1. The van der Waals surface area contributed by atoms with Crippen molar-refractivity contribution >= 4 is 5.97 Å². The third-order valence-corrected chi connectivity index (χ3v) is 4.88. The van der Waals surface area contributed by atoms with Gasteiger partial charge >= 0.3 is 12.1 Å². The molecule has 0 radical (unpaired) electrons. The van der Waals surface area contributed by atoms with Crippen molar-refractivity contribution < 1.29 is 46.4 Å². The van der Waals surface area contributed by atoms with Gasteiger partial charge in [-0.2, -0.15) is 17.6 Å². The number of halogens is 5. The second-order valence-electron chi connectivity index (χ2n) is 6.91. The van der Waals surface area contributed by atoms with Crippen LogP contribution in [0.25, 0.3) is 0 Å². The van der Waals surface area contributed by atoms with E-state index in [1.165, 1.54) is 11.6 Å². The van der Waals surface area contributed by atoms with Crippen molar-refractivity contribution in [1.82, 2.24) is 5.32 Å². The molecule has 1 atom stereocenters. The molecule has 2 aromatic rings. The number of methoxy groups -OCH3 is 2. The Morgan fingerprint density at radius 3 is 2.28 bits per heavy atom. The number of alkyl halides is 3. The van der Waals surface area contributed by atoms with Gasteiger partial charge in [-0.15, -0.1) is 0 Å². The number of aryl methyl sites for hydroxylation is 1. The molecule has 0 saturated carbocycles. The lowest BCUT2D eigenvalue weighted by atomic mass is 9.87. The number of carboxylic acid groups (broad SMARTS) is 1. The summed E-state index contributed by atoms with van der Waals surface area (Å²) in [5.74, 6) is -4.33. The highest BCUT2D eigenvalue weighted by atomic mass is 19.4. The molecule has 0 saturated heterocycles. The predicted molar refractivity (Wildman–Crippen MR) is 104 cm³/mol. The third-order valence-electron chi connectivity index (χ3n) is 4.88. The third kappa shape index (κ3) is 6.00. The highest BCUT2D eigenvalue weighted by Gasteiger charge is 2.38. The van der Waals surface area contributed by atoms with Gasteiger partial charge in [0.1, 0.15) is 0 Å². The van der Waals surface area contributed by atoms with Gasteiger partial charge in [0.2, 0.25) is 5.82 Å². The average molecular weight is 463 g/mol. The predicted octanol–water partition coefficient (Wildman–Crippen LogP) is 4.49. The fourth-order valence-electron chi connectivity index (χ4n) is 3.29. The molecule has 1 aliphatic carbocycles. The molecule has 1 aliphatic rings. The summed E-state index contributed by atoms with van der Waals surface area (Å²) < 4.78 is 69.9. The maximum atomic E-state index is 13.9. The van der Waals surface area contributed by atoms with Crippen molar-refractivity contribution in [2.75, 3.05) is 14.2 Å². The molecule has 0 aromatic heterocycles. The number of aromatic hydroxyl groups is 1. The molecule has 0 amide bonds. The molecule has 176 valence electrons. The Balaban J connectivity index is 0.000000451. The Morgan fingerprint density at radius 2 is 1.72 bits per heavy atom. The zero-order valence-corrected chi connectivity index (χ0v) is 17.2. The Labute approximate surface area is 180 Å². The highest BCUT2D eigenvalue weighted by molar-refractivity contribution is 5.73. The van der Waals surface area contributed by atoms with Gasteiger partial charge < -0.3 is 25.0 Å². The number of ether oxygens (including phenoxy) is 2. The normalized spacial score (nSPS) is 15.3. The van der Waals surface area contributed by atoms with E-state index in [4.69, 9.17) is 19.4 Å². The SMILES string of the molecule is COc1cc2c(cc1OC)C(NCc1ccc(O)c(F)c1F)CCC2.O=C(O)C(F)(F)F. The van der Waals surface area contributed by atoms with Gasteiger partial charge in [0, 0.05) is 18.2 Å². The molecule has 3 N–H and O–H groups in total. The number of rotatable bonds is 5. The van der Waals surface area contributed by atoms with E-state index < -0.39 is 29.5 Å². The number of fused-ring (bicyclic) bond motifs is 1. The van der Waals surface area contributed by atoms with E-state index in [0.717, 1.165) is 30.9 Å². The lowest BCUT2D eigenvalue weighted by molar-refractivity contribution is -0.192. The largest absolute Gasteiger partial charge is 0.505 e. The fourth-order valence-corrected chi connectivity index (χ4v) is 3.29. The molecule has 32 heavy (non-hydrogen) atoms. The summed E-state index contributed by atoms with van der Waals surface area (Å²) in [6, 6.07) is 6.48. The van der Waals surface area contributed by atoms with Crippen LogP contribution in [0.15, 0.2) is 24.3 Å². The number of hydrogen-bond acceptors (Lipinski definition) is 5. The lowest BCUT2D eigenvalue weighted by Crippen LogP contribution is -2.25. The number of carbonyl (C=O) groups is 1. The summed E-state index contributed by atoms with van der Waals surface area (Å²) in [6.07, 6.45) is -2.26. The second kappa shape index (κ2) is 10.5. The number of carboxylic acids is 1. The van der Waals surface area contributed by atoms with E-state index in [2.05, 4.69) is 5.32 Å². The topological polar surface area (TPSA) is 88.0 Å². The monoisotopic (exact) mass is 463 g/mol. The van der Waals surface area contributed by atoms with E-state index >= 15 is 0 Å². The summed E-state index contributed by atoms with van der Waals surface area (Å²) in [5, 5.41) is 19.6. The summed E-state index contributed by atoms with van der Waals surface area (Å²) in [5.41, 5.74) is 2.44. The molecule has 0 aliphatic heterocycles. The second-order valence-corrected chi connectivity index (χ2v) is 6.91. The van der Waals surface area contributed by atoms with Gasteiger partial charge in [-0.3, -0.25) is 0 Å². The van der Waals surface area contributed by atoms with E-state index in [1.807, 2.05) is 12.1 Å². The molecule has 0 heterocycles. The first-order valence-corrected chi connectivity index (χ1v) is 9.43. The Bertz CT molecular complexity index is 965. The van der Waals surface area contributed by atoms with Gasteiger partial charge in [0.25, 0.3) is 0 Å². The molecule has 11 heteroatoms. The van der Waals surface area contributed by atoms with E-state index in [-0.39, 0.29) is 18.2 Å². The van der Waals surface area contributed by atoms with Crippen molar-refractivity contribution in [2.24, 2.45) is 0 Å². The molecule has 1 unspecified atom stereocenters. The quantitative estimate of drug-likeness (QED) is 0.567. The van der Waals surface area contributed by atoms with Crippen LogP contribution in [0, 0.1) is 11.6 Å². The van der Waals surface area contributed by atoms with Crippen LogP contribution < -0.4 is 14.8 Å². The highest BCUT2D eigenvalue weighted by Crippen LogP contribution is 2.38. The van der Waals surface area contributed by atoms with Crippen molar-refractivity contribution in [2.45, 2.75) is 38.0 Å². The van der Waals surface area contributed by atoms with Crippen LogP contribution >= 0.6 is 0 Å². The van der Waals surface area contributed by atoms with Crippen LogP contribution in [0.1, 0.15) is 35.6 Å². The maximum absolute atomic E-state index is 13.9. The number of phenolic OH excluding ortho intramolecular Hbond substituents is 1. The van der Waals surface area contributed by atoms with Gasteiger partial charge in [-0.1, -0.05) is 6.07 Å². The van der Waals surface area contributed by atoms with Crippen LogP contribution in [-0.4, -0.2) is 36.6 Å². The Morgan fingerprint density at radius 1 is 1.12 bits per heavy atom. The number of nitrogens with one attached hydrogen (secondary N) is 1. The molecule has 2 aromatic carbocycles. The smallest absolute Gasteiger partial charge is 0.490 e. The molecule has 6 nitrogen and oxygen atoms in total. The van der Waals surface area contributed by atoms with Crippen LogP contribution in [0.3, 0.4) is 0 Å². The van der Waals surface area contributed by atoms with Crippen molar-refractivity contribution in [1.29, 1.82) is 0 Å². The molecular formula is C21H22F5NO5. The first-order valence-electron chi connectivity index (χ1n) is 9.43. The molecule has 0 fully saturated rings. The van der Waals surface area contributed by atoms with Crippen LogP contribution in [0.2, 0.25) is 0 Å². The standard InChI is InChI=1S/C19H21F2NO3.C2HF3O2/c1-24-16-8-11-4-3-5-14(13(11)9-17(16)25-2)22-10-12-6-7-15(23)19(21)18(12)20;3-2(4,5)1(6)7/h6-9,14,22-23H,3-5,10H2,1-2H3;(H,6,7). The number of benzene rings is 2. The van der Waals surface area contributed by atoms with Crippen LogP contribution in [-0.2, 0) is 17.8 Å². The average Bonchev–Trinajstić information content (AvgIpc) is 2.75. The van der Waals surface area contributed by atoms with Crippen molar-refractivity contribution in [3.8, 4) is 17.2 Å². The molecule has 0 bridgehead atoms. The van der Waals surface area contributed by atoms with Gasteiger partial charge in [-0.25, -0.2) is 9.18 Å². The molecular weight excluding hydrogens is 441 g/mol. The number of aliphatic carboxylic acids is 1. The van der Waals surface area contributed by atoms with Crippen molar-refractivity contribution in [3.63, 3.8) is 0 Å². The van der Waals surface area contributed by atoms with Crippen LogP contribution in [0.5, 0.6) is 17.2 Å². The van der Waals surface area contributed by atoms with E-state index in [1.54, 1.807) is 14.2 Å². The van der Waals surface area contributed by atoms with Gasteiger partial charge in [0.05, 0.1) is 14.2 Å². The van der Waals surface area contributed by atoms with Gasteiger partial charge in [-0.05, 0) is 48.6 Å². The van der Waals surface area contributed by atoms with Gasteiger partial charge in [0.15, 0.2) is 23.1 Å². The summed E-state index contributed by atoms with van der Waals surface area (Å²) in [7, 11) is 3.19. The summed E-state index contributed by atoms with van der Waals surface area (Å²) in [4.78, 5) is 8.90. The fraction of sp³-hybridized carbons (Fsp3) is 0.381. The maximum Gasteiger partial charge on any atom is 0.490 e. The first kappa shape index (κ1) is 25.2. The zero-order valence-electron chi connectivity index (χ0n) is 17.2. The molecule has 0 spiro atoms. The van der Waals surface area contributed by atoms with Crippen LogP contribution in [0.4, 0.5) is 22.0 Å². The minimum absolute atomic E-state index is 0.0137. The summed E-state index contributed by atoms with van der Waals surface area (Å²) in [6.45, 7) is 0.168. The molecule has 3 rings (SSSR count). The van der Waals surface area contributed by atoms with Crippen molar-refractivity contribution in [3.05, 3.63) is 52.6 Å². The van der Waals surface area contributed by atoms with E-state index in [0.29, 0.717) is 11.5 Å². The minimum atomic E-state index is -5.08. The lowest BCUT2D eigenvalue weighted by Gasteiger charge is -2.28. The Hall–Kier alpha value is -3.08. The van der Waals surface area contributed by atoms with E-state index in [9.17, 15) is 27.1 Å². The number of phenols is 1. The summed E-state index contributed by atoms with van der Waals surface area (Å²) >= 11 is 0. The Kier molecular flexibility index (Phi) is 8.25. The minimum Gasteiger partial charge on any atom is -0.505 e. The number of hydrogen-bond donors (Lipinski definition) is 3. The first-order chi connectivity index (χ1) is 15.0.